The molecule has 1 aliphatic carbocycles. The van der Waals surface area contributed by atoms with Crippen LogP contribution in [-0.2, 0) is 17.6 Å². The lowest BCUT2D eigenvalue weighted by Gasteiger charge is -2.40. The van der Waals surface area contributed by atoms with Gasteiger partial charge in [-0.3, -0.25) is 9.36 Å². The average molecular weight is 462 g/mol. The number of aryl methyl sites for hydroxylation is 2. The summed E-state index contributed by atoms with van der Waals surface area (Å²) in [5.41, 5.74) is 4.52. The van der Waals surface area contributed by atoms with Gasteiger partial charge in [-0.25, -0.2) is 4.98 Å². The first-order valence-electron chi connectivity index (χ1n) is 11.5. The van der Waals surface area contributed by atoms with Crippen molar-refractivity contribution in [2.75, 3.05) is 5.32 Å². The number of rotatable bonds is 6. The highest BCUT2D eigenvalue weighted by Crippen LogP contribution is 2.45. The van der Waals surface area contributed by atoms with Crippen LogP contribution in [0.1, 0.15) is 68.5 Å². The summed E-state index contributed by atoms with van der Waals surface area (Å²) in [6.45, 7) is 5.74. The summed E-state index contributed by atoms with van der Waals surface area (Å²) in [5.74, 6) is -1.49. The second-order valence-electron chi connectivity index (χ2n) is 9.65. The summed E-state index contributed by atoms with van der Waals surface area (Å²) in [7, 11) is 0. The van der Waals surface area contributed by atoms with Crippen molar-refractivity contribution in [3.63, 3.8) is 0 Å². The number of carbonyl (C=O) groups is 1. The number of carboxylic acid groups (broad SMARTS) is 1. The van der Waals surface area contributed by atoms with Crippen molar-refractivity contribution in [2.24, 2.45) is 5.92 Å². The highest BCUT2D eigenvalue weighted by atomic mass is 19.4. The summed E-state index contributed by atoms with van der Waals surface area (Å²) in [6, 6.07) is 7.86. The zero-order valence-corrected chi connectivity index (χ0v) is 19.2. The maximum absolute atomic E-state index is 12.8. The number of hydrogen-bond acceptors (Lipinski definition) is 3. The monoisotopic (exact) mass is 461 g/mol. The molecule has 178 valence electrons. The van der Waals surface area contributed by atoms with Crippen molar-refractivity contribution in [2.45, 2.75) is 77.4 Å². The molecular formula is C25H30F3N3O2. The SMILES string of the molecule is Cc1ccc(C2=C(C(CCCC(F)(F)F)C(=O)O)C(C)(C)Nc3nc4c(n32)CCCC4)cc1. The molecule has 2 heterocycles. The molecule has 1 aromatic carbocycles. The summed E-state index contributed by atoms with van der Waals surface area (Å²) in [6.07, 6.45) is -1.87. The molecule has 4 rings (SSSR count). The standard InChI is InChI=1S/C25H30F3N3O2/c1-15-10-12-16(13-11-15)21-20(17(22(32)33)7-6-14-25(26,27)28)24(2,3)30-23-29-18-8-4-5-9-19(18)31(21)23/h10-13,17H,4-9,14H2,1-3H3,(H,29,30)(H,32,33). The van der Waals surface area contributed by atoms with Crippen molar-refractivity contribution in [1.82, 2.24) is 9.55 Å². The number of imidazole rings is 1. The van der Waals surface area contributed by atoms with Crippen LogP contribution in [0.4, 0.5) is 19.1 Å². The smallest absolute Gasteiger partial charge is 0.389 e. The lowest BCUT2D eigenvalue weighted by atomic mass is 9.77. The predicted molar refractivity (Wildman–Crippen MR) is 121 cm³/mol. The molecule has 33 heavy (non-hydrogen) atoms. The topological polar surface area (TPSA) is 67.2 Å². The third kappa shape index (κ3) is 4.66. The normalized spacial score (nSPS) is 18.4. The van der Waals surface area contributed by atoms with E-state index in [0.29, 0.717) is 11.5 Å². The number of benzene rings is 1. The van der Waals surface area contributed by atoms with Gasteiger partial charge in [0.25, 0.3) is 0 Å². The van der Waals surface area contributed by atoms with Crippen LogP contribution in [0.5, 0.6) is 0 Å². The summed E-state index contributed by atoms with van der Waals surface area (Å²) in [5, 5.41) is 13.6. The second kappa shape index (κ2) is 8.54. The zero-order chi connectivity index (χ0) is 24.0. The Hall–Kier alpha value is -2.77. The molecule has 0 fully saturated rings. The fraction of sp³-hybridized carbons (Fsp3) is 0.520. The van der Waals surface area contributed by atoms with Crippen LogP contribution >= 0.6 is 0 Å². The molecule has 2 N–H and O–H groups in total. The number of aliphatic carboxylic acids is 1. The minimum Gasteiger partial charge on any atom is -0.481 e. The number of nitrogens with zero attached hydrogens (tertiary/aromatic N) is 2. The Balaban J connectivity index is 1.93. The summed E-state index contributed by atoms with van der Waals surface area (Å²) < 4.78 is 40.5. The molecule has 2 aromatic rings. The molecule has 1 aromatic heterocycles. The van der Waals surface area contributed by atoms with Gasteiger partial charge in [0.2, 0.25) is 5.95 Å². The molecular weight excluding hydrogens is 431 g/mol. The van der Waals surface area contributed by atoms with E-state index < -0.39 is 30.0 Å². The minimum atomic E-state index is -4.31. The predicted octanol–water partition coefficient (Wildman–Crippen LogP) is 5.97. The van der Waals surface area contributed by atoms with E-state index in [9.17, 15) is 23.1 Å². The van der Waals surface area contributed by atoms with Crippen molar-refractivity contribution in [3.05, 3.63) is 52.4 Å². The molecule has 0 saturated carbocycles. The highest BCUT2D eigenvalue weighted by Gasteiger charge is 2.43. The van der Waals surface area contributed by atoms with E-state index >= 15 is 0 Å². The Morgan fingerprint density at radius 3 is 2.52 bits per heavy atom. The minimum absolute atomic E-state index is 0.0864. The maximum Gasteiger partial charge on any atom is 0.389 e. The van der Waals surface area contributed by atoms with Gasteiger partial charge in [-0.1, -0.05) is 29.8 Å². The first-order valence-corrected chi connectivity index (χ1v) is 11.5. The van der Waals surface area contributed by atoms with Gasteiger partial charge in [-0.05, 0) is 70.4 Å². The summed E-state index contributed by atoms with van der Waals surface area (Å²) in [4.78, 5) is 17.3. The number of carboxylic acids is 1. The molecule has 0 bridgehead atoms. The van der Waals surface area contributed by atoms with Crippen LogP contribution in [0, 0.1) is 12.8 Å². The van der Waals surface area contributed by atoms with Crippen molar-refractivity contribution < 1.29 is 23.1 Å². The molecule has 0 spiro atoms. The third-order valence-corrected chi connectivity index (χ3v) is 6.63. The van der Waals surface area contributed by atoms with Crippen LogP contribution in [0.15, 0.2) is 29.8 Å². The molecule has 5 nitrogen and oxygen atoms in total. The maximum atomic E-state index is 12.8. The largest absolute Gasteiger partial charge is 0.481 e. The van der Waals surface area contributed by atoms with Crippen LogP contribution in [0.3, 0.4) is 0 Å². The Labute approximate surface area is 191 Å². The molecule has 0 radical (unpaired) electrons. The van der Waals surface area contributed by atoms with Gasteiger partial charge in [0.15, 0.2) is 0 Å². The van der Waals surface area contributed by atoms with Crippen LogP contribution in [-0.4, -0.2) is 32.3 Å². The van der Waals surface area contributed by atoms with Crippen LogP contribution in [0.25, 0.3) is 5.70 Å². The molecule has 2 aliphatic rings. The van der Waals surface area contributed by atoms with Gasteiger partial charge in [0, 0.05) is 12.1 Å². The lowest BCUT2D eigenvalue weighted by molar-refractivity contribution is -0.144. The number of aromatic nitrogens is 2. The van der Waals surface area contributed by atoms with Gasteiger partial charge in [0.05, 0.1) is 22.8 Å². The number of anilines is 1. The molecule has 0 saturated heterocycles. The number of halogens is 3. The fourth-order valence-corrected chi connectivity index (χ4v) is 5.12. The molecule has 0 amide bonds. The average Bonchev–Trinajstić information content (AvgIpc) is 3.07. The highest BCUT2D eigenvalue weighted by molar-refractivity contribution is 5.85. The molecule has 1 atom stereocenters. The Morgan fingerprint density at radius 2 is 1.88 bits per heavy atom. The van der Waals surface area contributed by atoms with Crippen LogP contribution < -0.4 is 5.32 Å². The Kier molecular flexibility index (Phi) is 6.05. The molecule has 8 heteroatoms. The summed E-state index contributed by atoms with van der Waals surface area (Å²) >= 11 is 0. The van der Waals surface area contributed by atoms with E-state index in [1.54, 1.807) is 0 Å². The number of fused-ring (bicyclic) bond motifs is 3. The zero-order valence-electron chi connectivity index (χ0n) is 19.2. The van der Waals surface area contributed by atoms with E-state index in [4.69, 9.17) is 4.98 Å². The van der Waals surface area contributed by atoms with Gasteiger partial charge < -0.3 is 10.4 Å². The third-order valence-electron chi connectivity index (χ3n) is 6.63. The van der Waals surface area contributed by atoms with E-state index in [-0.39, 0.29) is 12.8 Å². The second-order valence-corrected chi connectivity index (χ2v) is 9.65. The van der Waals surface area contributed by atoms with E-state index in [1.165, 1.54) is 0 Å². The Bertz CT molecular complexity index is 1080. The fourth-order valence-electron chi connectivity index (χ4n) is 5.12. The van der Waals surface area contributed by atoms with Gasteiger partial charge in [-0.2, -0.15) is 13.2 Å². The van der Waals surface area contributed by atoms with E-state index in [1.807, 2.05) is 49.6 Å². The van der Waals surface area contributed by atoms with Gasteiger partial charge in [-0.15, -0.1) is 0 Å². The van der Waals surface area contributed by atoms with E-state index in [2.05, 4.69) is 5.32 Å². The first kappa shape index (κ1) is 23.4. The molecule has 1 unspecified atom stereocenters. The van der Waals surface area contributed by atoms with Gasteiger partial charge >= 0.3 is 12.1 Å². The number of nitrogens with one attached hydrogen (secondary N) is 1. The molecule has 1 aliphatic heterocycles. The lowest BCUT2D eigenvalue weighted by Crippen LogP contribution is -2.44. The van der Waals surface area contributed by atoms with Gasteiger partial charge in [0.1, 0.15) is 0 Å². The Morgan fingerprint density at radius 1 is 1.21 bits per heavy atom. The van der Waals surface area contributed by atoms with Crippen molar-refractivity contribution in [1.29, 1.82) is 0 Å². The van der Waals surface area contributed by atoms with Crippen molar-refractivity contribution >= 4 is 17.6 Å². The number of alkyl halides is 3. The quantitative estimate of drug-likeness (QED) is 0.556. The van der Waals surface area contributed by atoms with E-state index in [0.717, 1.165) is 53.9 Å². The first-order chi connectivity index (χ1) is 15.5. The van der Waals surface area contributed by atoms with Crippen LogP contribution in [0.2, 0.25) is 0 Å². The number of hydrogen-bond donors (Lipinski definition) is 2. The van der Waals surface area contributed by atoms with Crippen molar-refractivity contribution in [3.8, 4) is 0 Å².